The first kappa shape index (κ1) is 10.4. The van der Waals surface area contributed by atoms with Crippen molar-refractivity contribution in [3.05, 3.63) is 48.8 Å². The zero-order valence-electron chi connectivity index (χ0n) is 9.37. The van der Waals surface area contributed by atoms with E-state index in [0.717, 1.165) is 11.3 Å². The Morgan fingerprint density at radius 3 is 2.88 bits per heavy atom. The SMILES string of the molecule is CSc1ccccc1-c1cnc2cccnn12. The van der Waals surface area contributed by atoms with Crippen molar-refractivity contribution in [1.82, 2.24) is 14.6 Å². The van der Waals surface area contributed by atoms with Crippen LogP contribution in [0, 0.1) is 0 Å². The van der Waals surface area contributed by atoms with Gasteiger partial charge in [0.05, 0.1) is 11.9 Å². The fourth-order valence-corrected chi connectivity index (χ4v) is 2.48. The first-order valence-corrected chi connectivity index (χ1v) is 6.55. The Morgan fingerprint density at radius 2 is 2.00 bits per heavy atom. The molecule has 0 aliphatic heterocycles. The molecule has 0 unspecified atom stereocenters. The highest BCUT2D eigenvalue weighted by Gasteiger charge is 2.09. The van der Waals surface area contributed by atoms with Crippen molar-refractivity contribution >= 4 is 17.4 Å². The molecule has 0 radical (unpaired) electrons. The quantitative estimate of drug-likeness (QED) is 0.646. The molecule has 0 aliphatic rings. The maximum atomic E-state index is 4.36. The maximum absolute atomic E-state index is 4.36. The zero-order chi connectivity index (χ0) is 11.7. The Balaban J connectivity index is 2.27. The second-order valence-electron chi connectivity index (χ2n) is 3.64. The molecular formula is C13H11N3S. The van der Waals surface area contributed by atoms with Crippen LogP contribution in [0.2, 0.25) is 0 Å². The molecule has 2 heterocycles. The van der Waals surface area contributed by atoms with Crippen molar-refractivity contribution < 1.29 is 0 Å². The van der Waals surface area contributed by atoms with Gasteiger partial charge in [-0.15, -0.1) is 11.8 Å². The van der Waals surface area contributed by atoms with Crippen LogP contribution >= 0.6 is 11.8 Å². The van der Waals surface area contributed by atoms with Crippen molar-refractivity contribution in [2.75, 3.05) is 6.26 Å². The second kappa shape index (κ2) is 4.22. The van der Waals surface area contributed by atoms with Crippen LogP contribution in [-0.4, -0.2) is 20.9 Å². The van der Waals surface area contributed by atoms with Gasteiger partial charge in [-0.05, 0) is 24.5 Å². The number of imidazole rings is 1. The fraction of sp³-hybridized carbons (Fsp3) is 0.0769. The van der Waals surface area contributed by atoms with E-state index in [1.165, 1.54) is 10.5 Å². The molecule has 17 heavy (non-hydrogen) atoms. The molecule has 0 amide bonds. The molecule has 3 rings (SSSR count). The molecule has 0 atom stereocenters. The van der Waals surface area contributed by atoms with Crippen LogP contribution in [0.4, 0.5) is 0 Å². The third-order valence-electron chi connectivity index (χ3n) is 2.66. The number of benzene rings is 1. The summed E-state index contributed by atoms with van der Waals surface area (Å²) in [6.07, 6.45) is 5.73. The van der Waals surface area contributed by atoms with E-state index < -0.39 is 0 Å². The molecule has 1 aromatic carbocycles. The number of rotatable bonds is 2. The van der Waals surface area contributed by atoms with Crippen molar-refractivity contribution in [1.29, 1.82) is 0 Å². The van der Waals surface area contributed by atoms with Crippen LogP contribution < -0.4 is 0 Å². The molecule has 2 aromatic heterocycles. The summed E-state index contributed by atoms with van der Waals surface area (Å²) in [5, 5.41) is 4.34. The molecule has 3 aromatic rings. The Morgan fingerprint density at radius 1 is 1.12 bits per heavy atom. The summed E-state index contributed by atoms with van der Waals surface area (Å²) in [5.74, 6) is 0. The lowest BCUT2D eigenvalue weighted by atomic mass is 10.2. The van der Waals surface area contributed by atoms with E-state index in [1.54, 1.807) is 18.0 Å². The lowest BCUT2D eigenvalue weighted by molar-refractivity contribution is 0.940. The minimum absolute atomic E-state index is 0.874. The summed E-state index contributed by atoms with van der Waals surface area (Å²) in [4.78, 5) is 5.60. The monoisotopic (exact) mass is 241 g/mol. The number of thioether (sulfide) groups is 1. The van der Waals surface area contributed by atoms with Crippen molar-refractivity contribution in [3.63, 3.8) is 0 Å². The summed E-state index contributed by atoms with van der Waals surface area (Å²) >= 11 is 1.73. The van der Waals surface area contributed by atoms with Gasteiger partial charge in [-0.25, -0.2) is 9.50 Å². The largest absolute Gasteiger partial charge is 0.235 e. The minimum Gasteiger partial charge on any atom is -0.235 e. The number of fused-ring (bicyclic) bond motifs is 1. The van der Waals surface area contributed by atoms with Gasteiger partial charge >= 0.3 is 0 Å². The van der Waals surface area contributed by atoms with Crippen LogP contribution in [0.1, 0.15) is 0 Å². The first-order valence-electron chi connectivity index (χ1n) is 5.32. The van der Waals surface area contributed by atoms with E-state index in [0.29, 0.717) is 0 Å². The molecule has 0 N–H and O–H groups in total. The number of hydrogen-bond donors (Lipinski definition) is 0. The second-order valence-corrected chi connectivity index (χ2v) is 4.49. The molecular weight excluding hydrogens is 230 g/mol. The predicted molar refractivity (Wildman–Crippen MR) is 70.2 cm³/mol. The summed E-state index contributed by atoms with van der Waals surface area (Å²) < 4.78 is 1.87. The third-order valence-corrected chi connectivity index (χ3v) is 3.46. The average Bonchev–Trinajstić information content (AvgIpc) is 2.82. The van der Waals surface area contributed by atoms with Crippen LogP contribution in [0.5, 0.6) is 0 Å². The Labute approximate surface area is 104 Å². The van der Waals surface area contributed by atoms with E-state index in [-0.39, 0.29) is 0 Å². The van der Waals surface area contributed by atoms with Gasteiger partial charge in [-0.1, -0.05) is 18.2 Å². The predicted octanol–water partition coefficient (Wildman–Crippen LogP) is 3.12. The van der Waals surface area contributed by atoms with Crippen molar-refractivity contribution in [2.45, 2.75) is 4.90 Å². The highest BCUT2D eigenvalue weighted by Crippen LogP contribution is 2.29. The van der Waals surface area contributed by atoms with Gasteiger partial charge in [-0.3, -0.25) is 0 Å². The maximum Gasteiger partial charge on any atom is 0.154 e. The zero-order valence-corrected chi connectivity index (χ0v) is 10.2. The average molecular weight is 241 g/mol. The van der Waals surface area contributed by atoms with Gasteiger partial charge in [-0.2, -0.15) is 5.10 Å². The summed E-state index contributed by atoms with van der Waals surface area (Å²) in [6, 6.07) is 12.2. The summed E-state index contributed by atoms with van der Waals surface area (Å²) in [6.45, 7) is 0. The Bertz CT molecular complexity index is 660. The van der Waals surface area contributed by atoms with Crippen LogP contribution in [-0.2, 0) is 0 Å². The van der Waals surface area contributed by atoms with Gasteiger partial charge < -0.3 is 0 Å². The van der Waals surface area contributed by atoms with Crippen molar-refractivity contribution in [2.24, 2.45) is 0 Å². The van der Waals surface area contributed by atoms with Crippen molar-refractivity contribution in [3.8, 4) is 11.3 Å². The highest BCUT2D eigenvalue weighted by atomic mass is 32.2. The standard InChI is InChI=1S/C13H11N3S/c1-17-12-6-3-2-5-10(12)11-9-14-13-7-4-8-15-16(11)13/h2-9H,1H3. The van der Waals surface area contributed by atoms with Crippen LogP contribution in [0.3, 0.4) is 0 Å². The normalized spacial score (nSPS) is 10.9. The molecule has 84 valence electrons. The van der Waals surface area contributed by atoms with E-state index in [1.807, 2.05) is 35.0 Å². The molecule has 3 nitrogen and oxygen atoms in total. The molecule has 0 aliphatic carbocycles. The van der Waals surface area contributed by atoms with Crippen LogP contribution in [0.25, 0.3) is 16.9 Å². The topological polar surface area (TPSA) is 30.2 Å². The lowest BCUT2D eigenvalue weighted by Crippen LogP contribution is -1.93. The summed E-state index contributed by atoms with van der Waals surface area (Å²) in [5.41, 5.74) is 3.08. The van der Waals surface area contributed by atoms with Gasteiger partial charge in [0.2, 0.25) is 0 Å². The number of aromatic nitrogens is 3. The fourth-order valence-electron chi connectivity index (χ4n) is 1.87. The van der Waals surface area contributed by atoms with Gasteiger partial charge in [0, 0.05) is 16.7 Å². The van der Waals surface area contributed by atoms with Gasteiger partial charge in [0.1, 0.15) is 0 Å². The van der Waals surface area contributed by atoms with E-state index in [2.05, 4.69) is 28.5 Å². The third kappa shape index (κ3) is 1.70. The lowest BCUT2D eigenvalue weighted by Gasteiger charge is -2.05. The smallest absolute Gasteiger partial charge is 0.154 e. The number of hydrogen-bond acceptors (Lipinski definition) is 3. The van der Waals surface area contributed by atoms with Gasteiger partial charge in [0.15, 0.2) is 5.65 Å². The minimum atomic E-state index is 0.874. The first-order chi connectivity index (χ1) is 8.40. The van der Waals surface area contributed by atoms with E-state index in [9.17, 15) is 0 Å². The summed E-state index contributed by atoms with van der Waals surface area (Å²) in [7, 11) is 0. The Kier molecular flexibility index (Phi) is 2.57. The molecule has 0 bridgehead atoms. The van der Waals surface area contributed by atoms with E-state index >= 15 is 0 Å². The van der Waals surface area contributed by atoms with Gasteiger partial charge in [0.25, 0.3) is 0 Å². The molecule has 0 spiro atoms. The molecule has 0 fully saturated rings. The molecule has 0 saturated heterocycles. The Hall–Kier alpha value is -1.81. The van der Waals surface area contributed by atoms with E-state index in [4.69, 9.17) is 0 Å². The highest BCUT2D eigenvalue weighted by molar-refractivity contribution is 7.98. The number of nitrogens with zero attached hydrogens (tertiary/aromatic N) is 3. The van der Waals surface area contributed by atoms with Crippen LogP contribution in [0.15, 0.2) is 53.7 Å². The molecule has 0 saturated carbocycles. The molecule has 4 heteroatoms.